The third-order valence-corrected chi connectivity index (χ3v) is 10.1. The molecule has 0 saturated heterocycles. The summed E-state index contributed by atoms with van der Waals surface area (Å²) in [6, 6.07) is 26.0. The molecule has 48 heavy (non-hydrogen) atoms. The smallest absolute Gasteiger partial charge is 0.138 e. The lowest BCUT2D eigenvalue weighted by molar-refractivity contribution is 0.730. The second kappa shape index (κ2) is 16.0. The fourth-order valence-corrected chi connectivity index (χ4v) is 5.93. The molecule has 0 spiro atoms. The Morgan fingerprint density at radius 3 is 0.938 bits per heavy atom. The van der Waals surface area contributed by atoms with Gasteiger partial charge in [-0.15, -0.1) is 0 Å². The van der Waals surface area contributed by atoms with E-state index in [1.807, 2.05) is 24.8 Å². The standard InChI is InChI=1S/C42H52N6/c1-9-29(5)33-16-20-43-39(24-33)47(40-25-34(17-21-44-40)30(6)10-2)37-14-13-15-38(28-37)48(41-26-35(18-22-45-41)31(7)11-3)42-27-36(19-23-46-42)32(8)12-4/h13-32H,9-12H2,1-8H3. The second-order valence-electron chi connectivity index (χ2n) is 13.2. The molecule has 0 fully saturated rings. The van der Waals surface area contributed by atoms with Crippen LogP contribution in [0, 0.1) is 0 Å². The number of pyridine rings is 4. The van der Waals surface area contributed by atoms with Gasteiger partial charge in [0.05, 0.1) is 11.4 Å². The molecule has 5 rings (SSSR count). The van der Waals surface area contributed by atoms with Crippen molar-refractivity contribution in [2.45, 2.75) is 105 Å². The SMILES string of the molecule is CCC(C)c1ccnc(N(c2cccc(N(c3cc(C(C)CC)ccn3)c3cc(C(C)CC)ccn3)c2)c2cc(C(C)CC)ccn2)c1. The van der Waals surface area contributed by atoms with Gasteiger partial charge in [-0.25, -0.2) is 19.9 Å². The van der Waals surface area contributed by atoms with E-state index in [1.54, 1.807) is 0 Å². The molecule has 5 aromatic rings. The van der Waals surface area contributed by atoms with Crippen molar-refractivity contribution in [2.75, 3.05) is 9.80 Å². The Morgan fingerprint density at radius 2 is 0.688 bits per heavy atom. The Morgan fingerprint density at radius 1 is 0.417 bits per heavy atom. The van der Waals surface area contributed by atoms with Gasteiger partial charge in [-0.1, -0.05) is 61.5 Å². The minimum Gasteiger partial charge on any atom is -0.279 e. The Balaban J connectivity index is 1.71. The summed E-state index contributed by atoms with van der Waals surface area (Å²) in [5, 5.41) is 0. The largest absolute Gasteiger partial charge is 0.279 e. The van der Waals surface area contributed by atoms with Crippen LogP contribution >= 0.6 is 0 Å². The van der Waals surface area contributed by atoms with E-state index in [-0.39, 0.29) is 0 Å². The zero-order valence-electron chi connectivity index (χ0n) is 30.1. The Kier molecular flexibility index (Phi) is 11.6. The van der Waals surface area contributed by atoms with E-state index in [2.05, 4.69) is 138 Å². The summed E-state index contributed by atoms with van der Waals surface area (Å²) in [6.45, 7) is 18.0. The summed E-state index contributed by atoms with van der Waals surface area (Å²) in [4.78, 5) is 24.1. The Hall–Kier alpha value is -4.58. The van der Waals surface area contributed by atoms with Gasteiger partial charge in [0.25, 0.3) is 0 Å². The van der Waals surface area contributed by atoms with Crippen LogP contribution in [0.1, 0.15) is 127 Å². The van der Waals surface area contributed by atoms with Gasteiger partial charge in [0.1, 0.15) is 23.3 Å². The van der Waals surface area contributed by atoms with Crippen LogP contribution in [0.2, 0.25) is 0 Å². The van der Waals surface area contributed by atoms with Crippen LogP contribution in [0.5, 0.6) is 0 Å². The summed E-state index contributed by atoms with van der Waals surface area (Å²) in [5.41, 5.74) is 6.99. The van der Waals surface area contributed by atoms with Crippen molar-refractivity contribution >= 4 is 34.6 Å². The maximum atomic E-state index is 4.92. The van der Waals surface area contributed by atoms with Crippen LogP contribution in [0.3, 0.4) is 0 Å². The predicted octanol–water partition coefficient (Wildman–Crippen LogP) is 12.3. The van der Waals surface area contributed by atoms with Crippen LogP contribution in [0.4, 0.5) is 34.6 Å². The molecule has 6 nitrogen and oxygen atoms in total. The van der Waals surface area contributed by atoms with Gasteiger partial charge in [-0.2, -0.15) is 0 Å². The Labute approximate surface area is 288 Å². The summed E-state index contributed by atoms with van der Waals surface area (Å²) < 4.78 is 0. The highest BCUT2D eigenvalue weighted by Crippen LogP contribution is 2.40. The van der Waals surface area contributed by atoms with Crippen molar-refractivity contribution in [3.63, 3.8) is 0 Å². The van der Waals surface area contributed by atoms with Crippen molar-refractivity contribution in [1.82, 2.24) is 19.9 Å². The second-order valence-corrected chi connectivity index (χ2v) is 13.2. The number of benzene rings is 1. The van der Waals surface area contributed by atoms with E-state index in [9.17, 15) is 0 Å². The molecule has 0 aliphatic rings. The van der Waals surface area contributed by atoms with E-state index in [0.717, 1.165) is 60.3 Å². The number of hydrogen-bond acceptors (Lipinski definition) is 6. The highest BCUT2D eigenvalue weighted by Gasteiger charge is 2.22. The van der Waals surface area contributed by atoms with E-state index in [1.165, 1.54) is 22.3 Å². The normalized spacial score (nSPS) is 13.8. The molecule has 0 aliphatic heterocycles. The molecule has 4 heterocycles. The van der Waals surface area contributed by atoms with Crippen LogP contribution in [0.25, 0.3) is 0 Å². The topological polar surface area (TPSA) is 58.0 Å². The van der Waals surface area contributed by atoms with Gasteiger partial charge in [0, 0.05) is 24.8 Å². The third-order valence-electron chi connectivity index (χ3n) is 10.1. The number of rotatable bonds is 14. The van der Waals surface area contributed by atoms with Gasteiger partial charge < -0.3 is 0 Å². The number of anilines is 6. The molecule has 0 amide bonds. The van der Waals surface area contributed by atoms with Crippen LogP contribution < -0.4 is 9.80 Å². The lowest BCUT2D eigenvalue weighted by Crippen LogP contribution is -2.17. The van der Waals surface area contributed by atoms with Crippen molar-refractivity contribution in [2.24, 2.45) is 0 Å². The van der Waals surface area contributed by atoms with Crippen molar-refractivity contribution in [3.8, 4) is 0 Å². The molecule has 4 unspecified atom stereocenters. The van der Waals surface area contributed by atoms with E-state index in [0.29, 0.717) is 23.7 Å². The summed E-state index contributed by atoms with van der Waals surface area (Å²) in [5.74, 6) is 5.06. The molecule has 0 N–H and O–H groups in total. The number of aromatic nitrogens is 4. The molecular formula is C42H52N6. The molecule has 4 atom stereocenters. The van der Waals surface area contributed by atoms with Gasteiger partial charge >= 0.3 is 0 Å². The van der Waals surface area contributed by atoms with Crippen molar-refractivity contribution < 1.29 is 0 Å². The van der Waals surface area contributed by atoms with E-state index >= 15 is 0 Å². The highest BCUT2D eigenvalue weighted by atomic mass is 15.3. The number of hydrogen-bond donors (Lipinski definition) is 0. The molecule has 0 saturated carbocycles. The Bertz CT molecular complexity index is 1550. The molecular weight excluding hydrogens is 589 g/mol. The van der Waals surface area contributed by atoms with Gasteiger partial charge in [-0.05, 0) is 138 Å². The maximum absolute atomic E-state index is 4.92. The average Bonchev–Trinajstić information content (AvgIpc) is 3.14. The van der Waals surface area contributed by atoms with Gasteiger partial charge in [-0.3, -0.25) is 9.80 Å². The van der Waals surface area contributed by atoms with E-state index < -0.39 is 0 Å². The third kappa shape index (κ3) is 7.75. The summed E-state index contributed by atoms with van der Waals surface area (Å²) >= 11 is 0. The predicted molar refractivity (Wildman–Crippen MR) is 202 cm³/mol. The monoisotopic (exact) mass is 640 g/mol. The first-order valence-corrected chi connectivity index (χ1v) is 17.8. The van der Waals surface area contributed by atoms with Crippen LogP contribution in [-0.4, -0.2) is 19.9 Å². The molecule has 250 valence electrons. The number of nitrogens with zero attached hydrogens (tertiary/aromatic N) is 6. The molecule has 6 heteroatoms. The molecule has 1 aromatic carbocycles. The summed E-state index contributed by atoms with van der Waals surface area (Å²) in [6.07, 6.45) is 11.9. The quantitative estimate of drug-likeness (QED) is 0.120. The first kappa shape index (κ1) is 34.7. The fraction of sp³-hybridized carbons (Fsp3) is 0.381. The van der Waals surface area contributed by atoms with E-state index in [4.69, 9.17) is 19.9 Å². The van der Waals surface area contributed by atoms with Gasteiger partial charge in [0.2, 0.25) is 0 Å². The lowest BCUT2D eigenvalue weighted by atomic mass is 9.99. The zero-order chi connectivity index (χ0) is 34.2. The molecule has 0 bridgehead atoms. The first-order chi connectivity index (χ1) is 23.3. The highest BCUT2D eigenvalue weighted by molar-refractivity contribution is 5.80. The lowest BCUT2D eigenvalue weighted by Gasteiger charge is -2.28. The fourth-order valence-electron chi connectivity index (χ4n) is 5.93. The van der Waals surface area contributed by atoms with Crippen LogP contribution in [0.15, 0.2) is 97.6 Å². The minimum absolute atomic E-state index is 0.419. The van der Waals surface area contributed by atoms with Crippen molar-refractivity contribution in [1.29, 1.82) is 0 Å². The average molecular weight is 641 g/mol. The minimum atomic E-state index is 0.419. The van der Waals surface area contributed by atoms with Crippen molar-refractivity contribution in [3.05, 3.63) is 120 Å². The van der Waals surface area contributed by atoms with Gasteiger partial charge in [0.15, 0.2) is 0 Å². The molecule has 0 aliphatic carbocycles. The maximum Gasteiger partial charge on any atom is 0.138 e. The van der Waals surface area contributed by atoms with Crippen LogP contribution in [-0.2, 0) is 0 Å². The first-order valence-electron chi connectivity index (χ1n) is 17.8. The molecule has 4 aromatic heterocycles. The zero-order valence-corrected chi connectivity index (χ0v) is 30.1. The molecule has 0 radical (unpaired) electrons. The summed E-state index contributed by atoms with van der Waals surface area (Å²) in [7, 11) is 0.